The zero-order valence-corrected chi connectivity index (χ0v) is 12.6. The summed E-state index contributed by atoms with van der Waals surface area (Å²) in [5.74, 6) is 0.0384. The molecule has 0 spiro atoms. The fourth-order valence-electron chi connectivity index (χ4n) is 2.26. The highest BCUT2D eigenvalue weighted by Crippen LogP contribution is 2.11. The lowest BCUT2D eigenvalue weighted by atomic mass is 10.1. The van der Waals surface area contributed by atoms with Gasteiger partial charge in [0, 0.05) is 13.7 Å². The molecule has 0 aliphatic heterocycles. The van der Waals surface area contributed by atoms with Crippen molar-refractivity contribution in [3.8, 4) is 0 Å². The molecule has 3 heteroatoms. The first kappa shape index (κ1) is 15.3. The molecule has 110 valence electrons. The molecule has 1 N–H and O–H groups in total. The molecule has 0 saturated heterocycles. The van der Waals surface area contributed by atoms with Gasteiger partial charge in [0.1, 0.15) is 0 Å². The number of hydrogen-bond donors (Lipinski definition) is 1. The first-order valence-corrected chi connectivity index (χ1v) is 7.07. The number of benzene rings is 2. The summed E-state index contributed by atoms with van der Waals surface area (Å²) in [7, 11) is 1.67. The van der Waals surface area contributed by atoms with Crippen molar-refractivity contribution in [3.05, 3.63) is 70.8 Å². The third-order valence-corrected chi connectivity index (χ3v) is 3.51. The normalized spacial score (nSPS) is 10.4. The van der Waals surface area contributed by atoms with Gasteiger partial charge in [0.05, 0.1) is 13.0 Å². The maximum atomic E-state index is 12.1. The third kappa shape index (κ3) is 4.43. The SMILES string of the molecule is COCc1ccccc1CNC(=O)Cc1ccccc1C. The second-order valence-corrected chi connectivity index (χ2v) is 5.08. The molecule has 0 radical (unpaired) electrons. The van der Waals surface area contributed by atoms with Crippen LogP contribution in [0.15, 0.2) is 48.5 Å². The quantitative estimate of drug-likeness (QED) is 0.885. The van der Waals surface area contributed by atoms with E-state index in [2.05, 4.69) is 5.32 Å². The molecule has 0 aliphatic rings. The van der Waals surface area contributed by atoms with Gasteiger partial charge in [0.15, 0.2) is 0 Å². The Balaban J connectivity index is 1.94. The zero-order chi connectivity index (χ0) is 15.1. The molecule has 1 amide bonds. The summed E-state index contributed by atoms with van der Waals surface area (Å²) in [6.45, 7) is 3.12. The van der Waals surface area contributed by atoms with Crippen LogP contribution in [0.4, 0.5) is 0 Å². The van der Waals surface area contributed by atoms with Crippen molar-refractivity contribution in [1.82, 2.24) is 5.32 Å². The molecule has 0 unspecified atom stereocenters. The Bertz CT molecular complexity index is 608. The van der Waals surface area contributed by atoms with Gasteiger partial charge in [-0.3, -0.25) is 4.79 Å². The number of amides is 1. The van der Waals surface area contributed by atoms with E-state index in [1.54, 1.807) is 7.11 Å². The first-order chi connectivity index (χ1) is 10.2. The van der Waals surface area contributed by atoms with Crippen LogP contribution < -0.4 is 5.32 Å². The van der Waals surface area contributed by atoms with E-state index in [9.17, 15) is 4.79 Å². The maximum absolute atomic E-state index is 12.1. The minimum absolute atomic E-state index is 0.0384. The Morgan fingerprint density at radius 3 is 2.29 bits per heavy atom. The summed E-state index contributed by atoms with van der Waals surface area (Å²) < 4.78 is 5.17. The Hall–Kier alpha value is -2.13. The van der Waals surface area contributed by atoms with Gasteiger partial charge in [-0.25, -0.2) is 0 Å². The Kier molecular flexibility index (Phi) is 5.52. The van der Waals surface area contributed by atoms with E-state index in [4.69, 9.17) is 4.74 Å². The van der Waals surface area contributed by atoms with Crippen molar-refractivity contribution in [1.29, 1.82) is 0 Å². The average Bonchev–Trinajstić information content (AvgIpc) is 2.49. The van der Waals surface area contributed by atoms with Gasteiger partial charge in [-0.05, 0) is 29.2 Å². The minimum Gasteiger partial charge on any atom is -0.380 e. The van der Waals surface area contributed by atoms with Crippen LogP contribution in [0.2, 0.25) is 0 Å². The lowest BCUT2D eigenvalue weighted by Gasteiger charge is -2.11. The number of hydrogen-bond acceptors (Lipinski definition) is 2. The summed E-state index contributed by atoms with van der Waals surface area (Å²) in [6.07, 6.45) is 0.416. The minimum atomic E-state index is 0.0384. The molecule has 0 aliphatic carbocycles. The van der Waals surface area contributed by atoms with Gasteiger partial charge in [0.2, 0.25) is 5.91 Å². The van der Waals surface area contributed by atoms with E-state index in [0.717, 1.165) is 22.3 Å². The predicted octanol–water partition coefficient (Wildman–Crippen LogP) is 3.00. The monoisotopic (exact) mass is 283 g/mol. The van der Waals surface area contributed by atoms with Gasteiger partial charge in [-0.2, -0.15) is 0 Å². The van der Waals surface area contributed by atoms with Gasteiger partial charge in [-0.15, -0.1) is 0 Å². The van der Waals surface area contributed by atoms with E-state index in [0.29, 0.717) is 19.6 Å². The van der Waals surface area contributed by atoms with Crippen LogP contribution in [0, 0.1) is 6.92 Å². The van der Waals surface area contributed by atoms with E-state index in [1.807, 2.05) is 55.5 Å². The molecule has 0 aromatic heterocycles. The Labute approximate surface area is 126 Å². The van der Waals surface area contributed by atoms with Crippen LogP contribution in [-0.2, 0) is 29.1 Å². The van der Waals surface area contributed by atoms with E-state index >= 15 is 0 Å². The van der Waals surface area contributed by atoms with E-state index in [1.165, 1.54) is 0 Å². The van der Waals surface area contributed by atoms with Gasteiger partial charge in [0.25, 0.3) is 0 Å². The van der Waals surface area contributed by atoms with Crippen molar-refractivity contribution in [2.24, 2.45) is 0 Å². The highest BCUT2D eigenvalue weighted by molar-refractivity contribution is 5.78. The molecule has 2 rings (SSSR count). The second-order valence-electron chi connectivity index (χ2n) is 5.08. The fraction of sp³-hybridized carbons (Fsp3) is 0.278. The van der Waals surface area contributed by atoms with E-state index in [-0.39, 0.29) is 5.91 Å². The van der Waals surface area contributed by atoms with Crippen LogP contribution in [-0.4, -0.2) is 13.0 Å². The smallest absolute Gasteiger partial charge is 0.224 e. The largest absolute Gasteiger partial charge is 0.380 e. The van der Waals surface area contributed by atoms with Gasteiger partial charge >= 0.3 is 0 Å². The molecule has 0 saturated carbocycles. The second kappa shape index (κ2) is 7.60. The maximum Gasteiger partial charge on any atom is 0.224 e. The molecule has 3 nitrogen and oxygen atoms in total. The summed E-state index contributed by atoms with van der Waals surface area (Å²) in [6, 6.07) is 16.0. The van der Waals surface area contributed by atoms with Crippen LogP contribution in [0.3, 0.4) is 0 Å². The lowest BCUT2D eigenvalue weighted by molar-refractivity contribution is -0.120. The zero-order valence-electron chi connectivity index (χ0n) is 12.6. The molecule has 2 aromatic rings. The van der Waals surface area contributed by atoms with Crippen molar-refractivity contribution < 1.29 is 9.53 Å². The van der Waals surface area contributed by atoms with Crippen molar-refractivity contribution in [2.45, 2.75) is 26.5 Å². The summed E-state index contributed by atoms with van der Waals surface area (Å²) in [4.78, 5) is 12.1. The van der Waals surface area contributed by atoms with Crippen LogP contribution in [0.5, 0.6) is 0 Å². The molecule has 2 aromatic carbocycles. The standard InChI is InChI=1S/C18H21NO2/c1-14-7-3-4-8-15(14)11-18(20)19-12-16-9-5-6-10-17(16)13-21-2/h3-10H,11-13H2,1-2H3,(H,19,20). The number of nitrogens with one attached hydrogen (secondary N) is 1. The van der Waals surface area contributed by atoms with Crippen molar-refractivity contribution in [2.75, 3.05) is 7.11 Å². The molecule has 0 fully saturated rings. The fourth-order valence-corrected chi connectivity index (χ4v) is 2.26. The van der Waals surface area contributed by atoms with Gasteiger partial charge in [-0.1, -0.05) is 48.5 Å². The first-order valence-electron chi connectivity index (χ1n) is 7.07. The lowest BCUT2D eigenvalue weighted by Crippen LogP contribution is -2.25. The summed E-state index contributed by atoms with van der Waals surface area (Å²) >= 11 is 0. The van der Waals surface area contributed by atoms with Crippen LogP contribution in [0.25, 0.3) is 0 Å². The topological polar surface area (TPSA) is 38.3 Å². The third-order valence-electron chi connectivity index (χ3n) is 3.51. The number of rotatable bonds is 6. The number of carbonyl (C=O) groups is 1. The van der Waals surface area contributed by atoms with Crippen molar-refractivity contribution in [3.63, 3.8) is 0 Å². The Morgan fingerprint density at radius 2 is 1.62 bits per heavy atom. The molecule has 0 bridgehead atoms. The molecule has 21 heavy (non-hydrogen) atoms. The number of ether oxygens (including phenoxy) is 1. The number of aryl methyl sites for hydroxylation is 1. The number of carbonyl (C=O) groups excluding carboxylic acids is 1. The summed E-state index contributed by atoms with van der Waals surface area (Å²) in [5, 5.41) is 2.98. The Morgan fingerprint density at radius 1 is 1.00 bits per heavy atom. The highest BCUT2D eigenvalue weighted by Gasteiger charge is 2.07. The van der Waals surface area contributed by atoms with Crippen LogP contribution >= 0.6 is 0 Å². The molecular weight excluding hydrogens is 262 g/mol. The van der Waals surface area contributed by atoms with Gasteiger partial charge < -0.3 is 10.1 Å². The number of methoxy groups -OCH3 is 1. The molecule has 0 heterocycles. The van der Waals surface area contributed by atoms with Crippen LogP contribution in [0.1, 0.15) is 22.3 Å². The molecule has 0 atom stereocenters. The predicted molar refractivity (Wildman–Crippen MR) is 83.9 cm³/mol. The highest BCUT2D eigenvalue weighted by atomic mass is 16.5. The summed E-state index contributed by atoms with van der Waals surface area (Å²) in [5.41, 5.74) is 4.42. The molecular formula is C18H21NO2. The average molecular weight is 283 g/mol. The van der Waals surface area contributed by atoms with Crippen molar-refractivity contribution >= 4 is 5.91 Å². The van der Waals surface area contributed by atoms with E-state index < -0.39 is 0 Å².